The maximum atomic E-state index is 12.9. The van der Waals surface area contributed by atoms with Crippen molar-refractivity contribution in [3.63, 3.8) is 0 Å². The van der Waals surface area contributed by atoms with Crippen LogP contribution in [0.1, 0.15) is 47.4 Å². The van der Waals surface area contributed by atoms with Crippen LogP contribution in [0.2, 0.25) is 0 Å². The van der Waals surface area contributed by atoms with E-state index in [9.17, 15) is 18.0 Å². The van der Waals surface area contributed by atoms with Crippen molar-refractivity contribution in [2.24, 2.45) is 0 Å². The van der Waals surface area contributed by atoms with Crippen LogP contribution in [0.15, 0.2) is 60.4 Å². The first-order valence-electron chi connectivity index (χ1n) is 10.2. The minimum atomic E-state index is -4.41. The van der Waals surface area contributed by atoms with Crippen molar-refractivity contribution in [3.8, 4) is 0 Å². The van der Waals surface area contributed by atoms with Crippen LogP contribution in [0.4, 0.5) is 13.2 Å². The summed E-state index contributed by atoms with van der Waals surface area (Å²) in [6.07, 6.45) is 4.21. The van der Waals surface area contributed by atoms with E-state index in [1.165, 1.54) is 6.07 Å². The lowest BCUT2D eigenvalue weighted by Gasteiger charge is -2.25. The van der Waals surface area contributed by atoms with Gasteiger partial charge < -0.3 is 10.2 Å². The average molecular weight is 428 g/mol. The average Bonchev–Trinajstić information content (AvgIpc) is 2.78. The number of halogens is 3. The molecule has 1 radical (unpaired) electrons. The van der Waals surface area contributed by atoms with Crippen molar-refractivity contribution in [1.29, 1.82) is 0 Å². The van der Waals surface area contributed by atoms with Gasteiger partial charge in [-0.15, -0.1) is 0 Å². The van der Waals surface area contributed by atoms with Crippen LogP contribution in [-0.4, -0.2) is 28.9 Å². The van der Waals surface area contributed by atoms with E-state index in [1.807, 2.05) is 0 Å². The van der Waals surface area contributed by atoms with E-state index in [1.54, 1.807) is 24.4 Å². The summed E-state index contributed by atoms with van der Waals surface area (Å²) in [5.74, 6) is -0.364. The zero-order valence-corrected chi connectivity index (χ0v) is 17.5. The molecule has 0 unspecified atom stereocenters. The van der Waals surface area contributed by atoms with Crippen LogP contribution in [0.3, 0.4) is 0 Å². The van der Waals surface area contributed by atoms with Crippen molar-refractivity contribution >= 4 is 11.5 Å². The molecular formula is C24H25F3N3O. The molecule has 1 aromatic heterocycles. The lowest BCUT2D eigenvalue weighted by atomic mass is 9.98. The van der Waals surface area contributed by atoms with E-state index in [0.29, 0.717) is 16.8 Å². The van der Waals surface area contributed by atoms with Gasteiger partial charge in [-0.05, 0) is 68.2 Å². The van der Waals surface area contributed by atoms with Gasteiger partial charge in [0.15, 0.2) is 0 Å². The molecule has 1 aromatic carbocycles. The molecule has 0 fully saturated rings. The second kappa shape index (κ2) is 9.81. The monoisotopic (exact) mass is 428 g/mol. The predicted octanol–water partition coefficient (Wildman–Crippen LogP) is 5.25. The van der Waals surface area contributed by atoms with E-state index < -0.39 is 11.7 Å². The van der Waals surface area contributed by atoms with Crippen LogP contribution in [0, 0.1) is 6.42 Å². The minimum Gasteiger partial charge on any atom is -0.372 e. The van der Waals surface area contributed by atoms with Crippen LogP contribution in [0.25, 0.3) is 5.57 Å². The Hall–Kier alpha value is -3.09. The van der Waals surface area contributed by atoms with Gasteiger partial charge in [0.05, 0.1) is 11.3 Å². The van der Waals surface area contributed by atoms with Crippen LogP contribution in [-0.2, 0) is 12.7 Å². The Morgan fingerprint density at radius 2 is 1.94 bits per heavy atom. The quantitative estimate of drug-likeness (QED) is 0.655. The maximum absolute atomic E-state index is 12.9. The molecule has 1 aliphatic rings. The molecular weight excluding hydrogens is 403 g/mol. The Labute approximate surface area is 180 Å². The molecule has 1 heterocycles. The number of pyridine rings is 1. The number of nitrogens with one attached hydrogen (secondary N) is 1. The van der Waals surface area contributed by atoms with Gasteiger partial charge in [-0.2, -0.15) is 13.2 Å². The molecule has 0 atom stereocenters. The van der Waals surface area contributed by atoms with Gasteiger partial charge in [-0.25, -0.2) is 0 Å². The van der Waals surface area contributed by atoms with Crippen molar-refractivity contribution in [1.82, 2.24) is 15.2 Å². The van der Waals surface area contributed by atoms with Crippen LogP contribution < -0.4 is 5.32 Å². The fourth-order valence-electron chi connectivity index (χ4n) is 3.44. The van der Waals surface area contributed by atoms with Crippen LogP contribution in [0.5, 0.6) is 0 Å². The largest absolute Gasteiger partial charge is 0.416 e. The van der Waals surface area contributed by atoms with Gasteiger partial charge in [-0.1, -0.05) is 18.2 Å². The van der Waals surface area contributed by atoms with E-state index in [0.717, 1.165) is 42.9 Å². The van der Waals surface area contributed by atoms with E-state index in [4.69, 9.17) is 0 Å². The molecule has 1 aliphatic carbocycles. The molecule has 3 rings (SSSR count). The van der Waals surface area contributed by atoms with Crippen molar-refractivity contribution in [2.75, 3.05) is 13.1 Å². The number of hydrogen-bond acceptors (Lipinski definition) is 3. The zero-order chi connectivity index (χ0) is 22.4. The second-order valence-electron chi connectivity index (χ2n) is 7.15. The SMILES string of the molecule is CCN(CC)C1=CC[CH]C(c2cc(C(=O)NCc3cccc(C(F)(F)F)c3)ccn2)=C1. The van der Waals surface area contributed by atoms with Crippen LogP contribution >= 0.6 is 0 Å². The molecule has 1 amide bonds. The van der Waals surface area contributed by atoms with E-state index in [2.05, 4.69) is 47.6 Å². The summed E-state index contributed by atoms with van der Waals surface area (Å²) in [6, 6.07) is 8.24. The fraction of sp³-hybridized carbons (Fsp3) is 0.292. The van der Waals surface area contributed by atoms with Gasteiger partial charge in [-0.3, -0.25) is 9.78 Å². The number of aromatic nitrogens is 1. The van der Waals surface area contributed by atoms with E-state index in [-0.39, 0.29) is 12.5 Å². The molecule has 1 N–H and O–H groups in total. The van der Waals surface area contributed by atoms with Gasteiger partial charge in [0.25, 0.3) is 5.91 Å². The molecule has 0 aliphatic heterocycles. The highest BCUT2D eigenvalue weighted by atomic mass is 19.4. The third-order valence-corrected chi connectivity index (χ3v) is 5.12. The predicted molar refractivity (Wildman–Crippen MR) is 115 cm³/mol. The number of amides is 1. The summed E-state index contributed by atoms with van der Waals surface area (Å²) >= 11 is 0. The number of nitrogens with zero attached hydrogens (tertiary/aromatic N) is 2. The number of hydrogen-bond donors (Lipinski definition) is 1. The van der Waals surface area contributed by atoms with Gasteiger partial charge in [0.2, 0.25) is 0 Å². The molecule has 2 aromatic rings. The Morgan fingerprint density at radius 1 is 1.16 bits per heavy atom. The first-order valence-corrected chi connectivity index (χ1v) is 10.2. The van der Waals surface area contributed by atoms with Crippen molar-refractivity contribution in [2.45, 2.75) is 33.0 Å². The summed E-state index contributed by atoms with van der Waals surface area (Å²) in [4.78, 5) is 19.2. The molecule has 7 heteroatoms. The van der Waals surface area contributed by atoms with Crippen molar-refractivity contribution in [3.05, 3.63) is 89.2 Å². The highest BCUT2D eigenvalue weighted by Crippen LogP contribution is 2.29. The van der Waals surface area contributed by atoms with Crippen molar-refractivity contribution < 1.29 is 18.0 Å². The summed E-state index contributed by atoms with van der Waals surface area (Å²) in [7, 11) is 0. The fourth-order valence-corrected chi connectivity index (χ4v) is 3.44. The third-order valence-electron chi connectivity index (χ3n) is 5.12. The Balaban J connectivity index is 1.72. The maximum Gasteiger partial charge on any atom is 0.416 e. The second-order valence-corrected chi connectivity index (χ2v) is 7.15. The summed E-state index contributed by atoms with van der Waals surface area (Å²) in [5, 5.41) is 2.69. The topological polar surface area (TPSA) is 45.2 Å². The first-order chi connectivity index (χ1) is 14.8. The number of alkyl halides is 3. The van der Waals surface area contributed by atoms with Gasteiger partial charge in [0.1, 0.15) is 0 Å². The summed E-state index contributed by atoms with van der Waals surface area (Å²) < 4.78 is 38.6. The molecule has 163 valence electrons. The molecule has 0 saturated heterocycles. The lowest BCUT2D eigenvalue weighted by Crippen LogP contribution is -2.23. The van der Waals surface area contributed by atoms with Gasteiger partial charge >= 0.3 is 6.18 Å². The highest BCUT2D eigenvalue weighted by molar-refractivity contribution is 5.95. The third kappa shape index (κ3) is 5.75. The van der Waals surface area contributed by atoms with Gasteiger partial charge in [0, 0.05) is 37.1 Å². The number of likely N-dealkylation sites (N-methyl/N-ethyl adjacent to an activating group) is 1. The Kier molecular flexibility index (Phi) is 7.15. The highest BCUT2D eigenvalue weighted by Gasteiger charge is 2.30. The lowest BCUT2D eigenvalue weighted by molar-refractivity contribution is -0.137. The number of allylic oxidation sites excluding steroid dienone is 3. The number of rotatable bonds is 7. The zero-order valence-electron chi connectivity index (χ0n) is 17.5. The minimum absolute atomic E-state index is 0.00404. The normalized spacial score (nSPS) is 14.0. The Bertz CT molecular complexity index is 992. The Morgan fingerprint density at radius 3 is 2.65 bits per heavy atom. The number of carbonyl (C=O) groups excluding carboxylic acids is 1. The molecule has 0 bridgehead atoms. The standard InChI is InChI=1S/C24H25F3N3O/c1-3-30(4-2)21-10-6-8-18(14-21)22-15-19(11-12-28-22)23(31)29-16-17-7-5-9-20(13-17)24(25,26)27/h5,7-15H,3-4,6,16H2,1-2H3,(H,29,31). The molecule has 0 spiro atoms. The summed E-state index contributed by atoms with van der Waals surface area (Å²) in [6.45, 7) is 6.01. The van der Waals surface area contributed by atoms with E-state index >= 15 is 0 Å². The smallest absolute Gasteiger partial charge is 0.372 e. The molecule has 0 saturated carbocycles. The molecule has 31 heavy (non-hydrogen) atoms. The first kappa shape index (κ1) is 22.6. The molecule has 4 nitrogen and oxygen atoms in total. The summed E-state index contributed by atoms with van der Waals surface area (Å²) in [5.41, 5.74) is 2.81. The number of carbonyl (C=O) groups is 1. The number of benzene rings is 1.